The second kappa shape index (κ2) is 5.67. The summed E-state index contributed by atoms with van der Waals surface area (Å²) < 4.78 is 15.6. The average Bonchev–Trinajstić information content (AvgIpc) is 2.29. The van der Waals surface area contributed by atoms with Crippen LogP contribution in [-0.2, 0) is 0 Å². The predicted molar refractivity (Wildman–Crippen MR) is 81.8 cm³/mol. The summed E-state index contributed by atoms with van der Waals surface area (Å²) in [5, 5.41) is 3.10. The first-order chi connectivity index (χ1) is 8.47. The molecular formula is C12H8Br3FN2. The molecule has 2 nitrogen and oxygen atoms in total. The lowest BCUT2D eigenvalue weighted by atomic mass is 10.2. The molecule has 18 heavy (non-hydrogen) atoms. The lowest BCUT2D eigenvalue weighted by Gasteiger charge is -2.11. The molecule has 0 saturated carbocycles. The third-order valence-electron chi connectivity index (χ3n) is 2.33. The number of aryl methyl sites for hydroxylation is 1. The molecule has 2 rings (SSSR count). The van der Waals surface area contributed by atoms with Crippen molar-refractivity contribution in [3.63, 3.8) is 0 Å². The second-order valence-corrected chi connectivity index (χ2v) is 6.31. The van der Waals surface area contributed by atoms with Gasteiger partial charge < -0.3 is 5.32 Å². The Morgan fingerprint density at radius 3 is 2.50 bits per heavy atom. The normalized spacial score (nSPS) is 10.5. The minimum Gasteiger partial charge on any atom is -0.339 e. The van der Waals surface area contributed by atoms with Gasteiger partial charge in [-0.25, -0.2) is 9.37 Å². The van der Waals surface area contributed by atoms with E-state index in [0.717, 1.165) is 14.5 Å². The standard InChI is InChI=1S/C12H8Br3FN2/c1-6-2-8(14)10(16)4-11(6)18-12-9(15)3-7(13)5-17-12/h2-5H,1H3,(H,17,18). The highest BCUT2D eigenvalue weighted by Gasteiger charge is 2.08. The van der Waals surface area contributed by atoms with Crippen LogP contribution >= 0.6 is 47.8 Å². The first kappa shape index (κ1) is 14.0. The molecular weight excluding hydrogens is 431 g/mol. The Morgan fingerprint density at radius 2 is 1.83 bits per heavy atom. The van der Waals surface area contributed by atoms with Gasteiger partial charge in [-0.3, -0.25) is 0 Å². The van der Waals surface area contributed by atoms with Crippen molar-refractivity contribution in [1.82, 2.24) is 4.98 Å². The van der Waals surface area contributed by atoms with Crippen molar-refractivity contribution < 1.29 is 4.39 Å². The monoisotopic (exact) mass is 436 g/mol. The van der Waals surface area contributed by atoms with Crippen LogP contribution in [0.25, 0.3) is 0 Å². The van der Waals surface area contributed by atoms with Crippen molar-refractivity contribution in [3.05, 3.63) is 49.2 Å². The molecule has 1 heterocycles. The van der Waals surface area contributed by atoms with E-state index in [9.17, 15) is 4.39 Å². The van der Waals surface area contributed by atoms with Crippen molar-refractivity contribution in [3.8, 4) is 0 Å². The van der Waals surface area contributed by atoms with E-state index in [0.29, 0.717) is 16.0 Å². The van der Waals surface area contributed by atoms with Gasteiger partial charge in [-0.05, 0) is 78.5 Å². The summed E-state index contributed by atoms with van der Waals surface area (Å²) in [6.07, 6.45) is 1.68. The zero-order valence-electron chi connectivity index (χ0n) is 9.27. The fourth-order valence-electron chi connectivity index (χ4n) is 1.42. The molecule has 1 aromatic heterocycles. The van der Waals surface area contributed by atoms with Crippen molar-refractivity contribution in [2.75, 3.05) is 5.32 Å². The fourth-order valence-corrected chi connectivity index (χ4v) is 2.96. The molecule has 0 aliphatic carbocycles. The first-order valence-corrected chi connectivity index (χ1v) is 7.39. The Labute approximate surface area is 129 Å². The predicted octanol–water partition coefficient (Wildman–Crippen LogP) is 5.56. The van der Waals surface area contributed by atoms with Crippen LogP contribution in [0.15, 0.2) is 37.8 Å². The molecule has 0 bridgehead atoms. The van der Waals surface area contributed by atoms with Gasteiger partial charge in [0.25, 0.3) is 0 Å². The second-order valence-electron chi connectivity index (χ2n) is 3.69. The molecule has 0 amide bonds. The van der Waals surface area contributed by atoms with Gasteiger partial charge in [0.1, 0.15) is 11.6 Å². The summed E-state index contributed by atoms with van der Waals surface area (Å²) in [4.78, 5) is 4.23. The number of hydrogen-bond donors (Lipinski definition) is 1. The van der Waals surface area contributed by atoms with Crippen LogP contribution in [0.3, 0.4) is 0 Å². The van der Waals surface area contributed by atoms with Crippen LogP contribution in [0, 0.1) is 12.7 Å². The molecule has 94 valence electrons. The van der Waals surface area contributed by atoms with Crippen LogP contribution in [-0.4, -0.2) is 4.98 Å². The molecule has 0 unspecified atom stereocenters. The number of benzene rings is 1. The Kier molecular flexibility index (Phi) is 4.40. The molecule has 1 aromatic carbocycles. The van der Waals surface area contributed by atoms with Gasteiger partial charge in [0.2, 0.25) is 0 Å². The number of halogens is 4. The SMILES string of the molecule is Cc1cc(Br)c(F)cc1Nc1ncc(Br)cc1Br. The quantitative estimate of drug-likeness (QED) is 0.664. The van der Waals surface area contributed by atoms with Gasteiger partial charge in [-0.15, -0.1) is 0 Å². The van der Waals surface area contributed by atoms with E-state index in [1.54, 1.807) is 12.3 Å². The zero-order chi connectivity index (χ0) is 13.3. The first-order valence-electron chi connectivity index (χ1n) is 5.01. The van der Waals surface area contributed by atoms with E-state index < -0.39 is 0 Å². The number of rotatable bonds is 2. The van der Waals surface area contributed by atoms with Gasteiger partial charge >= 0.3 is 0 Å². The molecule has 0 atom stereocenters. The fraction of sp³-hybridized carbons (Fsp3) is 0.0833. The van der Waals surface area contributed by atoms with Crippen LogP contribution in [0.2, 0.25) is 0 Å². The summed E-state index contributed by atoms with van der Waals surface area (Å²) in [7, 11) is 0. The van der Waals surface area contributed by atoms with Gasteiger partial charge in [-0.1, -0.05) is 0 Å². The van der Waals surface area contributed by atoms with E-state index in [2.05, 4.69) is 58.1 Å². The lowest BCUT2D eigenvalue weighted by Crippen LogP contribution is -1.98. The molecule has 0 fully saturated rings. The van der Waals surface area contributed by atoms with E-state index in [4.69, 9.17) is 0 Å². The lowest BCUT2D eigenvalue weighted by molar-refractivity contribution is 0.621. The number of anilines is 2. The average molecular weight is 439 g/mol. The van der Waals surface area contributed by atoms with Crippen molar-refractivity contribution in [1.29, 1.82) is 0 Å². The Hall–Kier alpha value is -0.460. The van der Waals surface area contributed by atoms with Crippen LogP contribution in [0.4, 0.5) is 15.9 Å². The van der Waals surface area contributed by atoms with Crippen molar-refractivity contribution in [2.24, 2.45) is 0 Å². The number of aromatic nitrogens is 1. The third kappa shape index (κ3) is 3.10. The van der Waals surface area contributed by atoms with Gasteiger partial charge in [-0.2, -0.15) is 0 Å². The molecule has 1 N–H and O–H groups in total. The number of nitrogens with zero attached hydrogens (tertiary/aromatic N) is 1. The summed E-state index contributed by atoms with van der Waals surface area (Å²) in [6.45, 7) is 1.90. The summed E-state index contributed by atoms with van der Waals surface area (Å²) in [5.41, 5.74) is 1.62. The van der Waals surface area contributed by atoms with Gasteiger partial charge in [0, 0.05) is 16.4 Å². The third-order valence-corrected chi connectivity index (χ3v) is 3.97. The van der Waals surface area contributed by atoms with E-state index in [1.807, 2.05) is 13.0 Å². The number of pyridine rings is 1. The van der Waals surface area contributed by atoms with Crippen molar-refractivity contribution >= 4 is 59.3 Å². The minimum absolute atomic E-state index is 0.309. The molecule has 0 spiro atoms. The number of hydrogen-bond acceptors (Lipinski definition) is 2. The highest BCUT2D eigenvalue weighted by atomic mass is 79.9. The molecule has 2 aromatic rings. The highest BCUT2D eigenvalue weighted by Crippen LogP contribution is 2.30. The Balaban J connectivity index is 2.37. The van der Waals surface area contributed by atoms with E-state index >= 15 is 0 Å². The molecule has 0 saturated heterocycles. The highest BCUT2D eigenvalue weighted by molar-refractivity contribution is 9.11. The van der Waals surface area contributed by atoms with Crippen LogP contribution < -0.4 is 5.32 Å². The van der Waals surface area contributed by atoms with Gasteiger partial charge in [0.05, 0.1) is 8.95 Å². The Bertz CT molecular complexity index is 602. The maximum absolute atomic E-state index is 13.5. The van der Waals surface area contributed by atoms with Crippen LogP contribution in [0.5, 0.6) is 0 Å². The maximum Gasteiger partial charge on any atom is 0.144 e. The summed E-state index contributed by atoms with van der Waals surface area (Å²) in [5.74, 6) is 0.333. The molecule has 6 heteroatoms. The van der Waals surface area contributed by atoms with Gasteiger partial charge in [0.15, 0.2) is 0 Å². The van der Waals surface area contributed by atoms with Crippen molar-refractivity contribution in [2.45, 2.75) is 6.92 Å². The minimum atomic E-state index is -0.309. The topological polar surface area (TPSA) is 24.9 Å². The largest absolute Gasteiger partial charge is 0.339 e. The summed E-state index contributed by atoms with van der Waals surface area (Å²) in [6, 6.07) is 5.04. The smallest absolute Gasteiger partial charge is 0.144 e. The summed E-state index contributed by atoms with van der Waals surface area (Å²) >= 11 is 9.89. The zero-order valence-corrected chi connectivity index (χ0v) is 14.0. The maximum atomic E-state index is 13.5. The number of nitrogens with one attached hydrogen (secondary N) is 1. The Morgan fingerprint density at radius 1 is 1.11 bits per heavy atom. The van der Waals surface area contributed by atoms with Crippen LogP contribution in [0.1, 0.15) is 5.56 Å². The molecule has 0 aliphatic rings. The van der Waals surface area contributed by atoms with E-state index in [1.165, 1.54) is 6.07 Å². The van der Waals surface area contributed by atoms with E-state index in [-0.39, 0.29) is 5.82 Å². The molecule has 0 radical (unpaired) electrons. The molecule has 0 aliphatic heterocycles.